The fourth-order valence-corrected chi connectivity index (χ4v) is 6.15. The maximum Gasteiger partial charge on any atom is 0.219 e. The second kappa shape index (κ2) is 21.0. The van der Waals surface area contributed by atoms with Gasteiger partial charge in [-0.25, -0.2) is 0 Å². The van der Waals surface area contributed by atoms with Gasteiger partial charge in [-0.3, -0.25) is 14.4 Å². The molecule has 3 heterocycles. The van der Waals surface area contributed by atoms with Crippen LogP contribution in [0.5, 0.6) is 0 Å². The van der Waals surface area contributed by atoms with Gasteiger partial charge < -0.3 is 74.8 Å². The molecule has 3 fully saturated rings. The minimum atomic E-state index is -1.66. The summed E-state index contributed by atoms with van der Waals surface area (Å²) in [5.74, 6) is -0.603. The van der Waals surface area contributed by atoms with Crippen LogP contribution in [0.25, 0.3) is 0 Å². The van der Waals surface area contributed by atoms with Gasteiger partial charge in [-0.05, 0) is 39.5 Å². The first-order valence-corrected chi connectivity index (χ1v) is 17.4. The van der Waals surface area contributed by atoms with E-state index in [4.69, 9.17) is 28.4 Å². The van der Waals surface area contributed by atoms with E-state index in [0.717, 1.165) is 0 Å². The number of carbonyl (C=O) groups excluding carboxylic acids is 3. The van der Waals surface area contributed by atoms with Crippen molar-refractivity contribution < 1.29 is 78.6 Å². The molecule has 0 aliphatic carbocycles. The molecule has 5 unspecified atom stereocenters. The van der Waals surface area contributed by atoms with Crippen molar-refractivity contribution in [1.82, 2.24) is 10.6 Å². The normalized spacial score (nSPS) is 37.6. The molecule has 18 heteroatoms. The summed E-state index contributed by atoms with van der Waals surface area (Å²) in [6.07, 6.45) is -14.7. The number of hydrogen-bond acceptors (Lipinski definition) is 16. The average molecular weight is 725 g/mol. The third kappa shape index (κ3) is 12.1. The maximum atomic E-state index is 12.4. The van der Waals surface area contributed by atoms with Crippen LogP contribution in [-0.4, -0.2) is 166 Å². The van der Waals surface area contributed by atoms with Gasteiger partial charge in [0, 0.05) is 45.8 Å². The first-order chi connectivity index (χ1) is 23.8. The fourth-order valence-electron chi connectivity index (χ4n) is 6.15. The van der Waals surface area contributed by atoms with Crippen molar-refractivity contribution >= 4 is 17.6 Å². The van der Waals surface area contributed by atoms with Crippen LogP contribution in [0.3, 0.4) is 0 Å². The molecule has 18 nitrogen and oxygen atoms in total. The minimum Gasteiger partial charge on any atom is -0.394 e. The van der Waals surface area contributed by atoms with Gasteiger partial charge in [0.15, 0.2) is 18.9 Å². The molecule has 50 heavy (non-hydrogen) atoms. The Bertz CT molecular complexity index is 1040. The van der Waals surface area contributed by atoms with Crippen molar-refractivity contribution in [2.75, 3.05) is 26.4 Å². The molecule has 290 valence electrons. The van der Waals surface area contributed by atoms with E-state index in [1.54, 1.807) is 0 Å². The number of ether oxygens (including phenoxy) is 6. The van der Waals surface area contributed by atoms with Gasteiger partial charge in [0.2, 0.25) is 11.8 Å². The van der Waals surface area contributed by atoms with Crippen LogP contribution >= 0.6 is 0 Å². The summed E-state index contributed by atoms with van der Waals surface area (Å²) in [4.78, 5) is 35.9. The van der Waals surface area contributed by atoms with E-state index in [-0.39, 0.29) is 31.1 Å². The van der Waals surface area contributed by atoms with Crippen LogP contribution in [0.4, 0.5) is 0 Å². The van der Waals surface area contributed by atoms with Crippen LogP contribution in [0.15, 0.2) is 0 Å². The van der Waals surface area contributed by atoms with E-state index in [2.05, 4.69) is 10.6 Å². The van der Waals surface area contributed by atoms with E-state index in [1.807, 2.05) is 6.92 Å². The number of nitrogens with one attached hydrogen (secondary N) is 2. The second-order valence-corrected chi connectivity index (χ2v) is 12.9. The number of rotatable bonds is 19. The zero-order chi connectivity index (χ0) is 37.0. The molecule has 0 saturated carbocycles. The molecule has 0 bridgehead atoms. The van der Waals surface area contributed by atoms with E-state index in [1.165, 1.54) is 13.8 Å². The Morgan fingerprint density at radius 1 is 0.760 bits per heavy atom. The number of aliphatic hydroxyl groups excluding tert-OH is 7. The smallest absolute Gasteiger partial charge is 0.219 e. The van der Waals surface area contributed by atoms with Crippen molar-refractivity contribution in [3.63, 3.8) is 0 Å². The zero-order valence-corrected chi connectivity index (χ0v) is 28.9. The number of hydrogen-bond donors (Lipinski definition) is 9. The number of ketones is 1. The summed E-state index contributed by atoms with van der Waals surface area (Å²) in [6.45, 7) is 3.72. The molecule has 9 N–H and O–H groups in total. The zero-order valence-electron chi connectivity index (χ0n) is 28.9. The van der Waals surface area contributed by atoms with Crippen molar-refractivity contribution in [2.45, 2.75) is 158 Å². The highest BCUT2D eigenvalue weighted by Gasteiger charge is 2.53. The Hall–Kier alpha value is -1.91. The standard InChI is InChI=1S/C32H56N2O16/c1-4-33-22(40)11-6-5-9-18(38)10-7-8-12-45-32-30(49-23-13-19(39)25(41)16(2)46-23)29(27(43)21(15-36)48-32)50-31-24(34-17(3)37)28(44)26(42)20(14-35)47-31/h16,19-21,23-32,35-36,39,41-44H,4-15H2,1-3H3,(H,33,40)(H,34,37)/t16?,19-,20?,21?,23+,24?,25-,26+,27+,28-,29+,30?,31-,32-/m1/s1. The lowest BCUT2D eigenvalue weighted by Gasteiger charge is -2.49. The Balaban J connectivity index is 1.73. The number of carbonyl (C=O) groups is 3. The van der Waals surface area contributed by atoms with Gasteiger partial charge in [-0.2, -0.15) is 0 Å². The highest BCUT2D eigenvalue weighted by atomic mass is 16.8. The molecular weight excluding hydrogens is 668 g/mol. The molecule has 0 spiro atoms. The molecule has 3 aliphatic rings. The summed E-state index contributed by atoms with van der Waals surface area (Å²) < 4.78 is 35.6. The molecule has 0 aromatic carbocycles. The van der Waals surface area contributed by atoms with Crippen LogP contribution < -0.4 is 10.6 Å². The molecule has 0 aromatic heterocycles. The molecule has 3 rings (SSSR count). The lowest BCUT2D eigenvalue weighted by molar-refractivity contribution is -0.375. The number of amides is 2. The molecule has 3 aliphatic heterocycles. The summed E-state index contributed by atoms with van der Waals surface area (Å²) >= 11 is 0. The van der Waals surface area contributed by atoms with Crippen LogP contribution in [-0.2, 0) is 42.8 Å². The van der Waals surface area contributed by atoms with Crippen molar-refractivity contribution in [3.8, 4) is 0 Å². The third-order valence-electron chi connectivity index (χ3n) is 8.94. The minimum absolute atomic E-state index is 0.0456. The van der Waals surface area contributed by atoms with E-state index < -0.39 is 105 Å². The highest BCUT2D eigenvalue weighted by Crippen LogP contribution is 2.33. The van der Waals surface area contributed by atoms with Gasteiger partial charge in [-0.15, -0.1) is 0 Å². The SMILES string of the molecule is CCNC(=O)CCCCC(=O)CCCCO[C@@H]1OC(CO)[C@H](O)[C@H](O[C@H]2OC(CO)[C@H](O)[C@H](O)C2NC(C)=O)C1O[C@H]1C[C@@H](O)[C@H](O)C(C)O1. The van der Waals surface area contributed by atoms with Crippen LogP contribution in [0.2, 0.25) is 0 Å². The number of unbranched alkanes of at least 4 members (excludes halogenated alkanes) is 2. The predicted molar refractivity (Wildman–Crippen MR) is 170 cm³/mol. The number of aliphatic hydroxyl groups is 7. The Kier molecular flexibility index (Phi) is 17.8. The van der Waals surface area contributed by atoms with E-state index in [9.17, 15) is 50.1 Å². The van der Waals surface area contributed by atoms with Crippen LogP contribution in [0, 0.1) is 0 Å². The van der Waals surface area contributed by atoms with Gasteiger partial charge in [0.1, 0.15) is 60.7 Å². The highest BCUT2D eigenvalue weighted by molar-refractivity contribution is 5.78. The van der Waals surface area contributed by atoms with Crippen molar-refractivity contribution in [3.05, 3.63) is 0 Å². The quantitative estimate of drug-likeness (QED) is 0.0604. The van der Waals surface area contributed by atoms with E-state index >= 15 is 0 Å². The Labute approximate surface area is 291 Å². The molecular formula is C32H56N2O16. The predicted octanol–water partition coefficient (Wildman–Crippen LogP) is -2.91. The molecule has 14 atom stereocenters. The first kappa shape index (κ1) is 42.5. The molecule has 2 amide bonds. The Morgan fingerprint density at radius 3 is 2.00 bits per heavy atom. The fraction of sp³-hybridized carbons (Fsp3) is 0.906. The lowest BCUT2D eigenvalue weighted by atomic mass is 9.95. The summed E-state index contributed by atoms with van der Waals surface area (Å²) in [6, 6.07) is -1.37. The largest absolute Gasteiger partial charge is 0.394 e. The lowest BCUT2D eigenvalue weighted by Crippen LogP contribution is -2.68. The average Bonchev–Trinajstić information content (AvgIpc) is 3.07. The van der Waals surface area contributed by atoms with Gasteiger partial charge in [-0.1, -0.05) is 0 Å². The van der Waals surface area contributed by atoms with Crippen molar-refractivity contribution in [1.29, 1.82) is 0 Å². The van der Waals surface area contributed by atoms with Crippen LogP contribution in [0.1, 0.15) is 72.1 Å². The summed E-state index contributed by atoms with van der Waals surface area (Å²) in [5.41, 5.74) is 0. The molecule has 0 aromatic rings. The van der Waals surface area contributed by atoms with Gasteiger partial charge in [0.25, 0.3) is 0 Å². The summed E-state index contributed by atoms with van der Waals surface area (Å²) in [5, 5.41) is 78.1. The van der Waals surface area contributed by atoms with Gasteiger partial charge in [0.05, 0.1) is 25.4 Å². The first-order valence-electron chi connectivity index (χ1n) is 17.4. The van der Waals surface area contributed by atoms with Crippen molar-refractivity contribution in [2.24, 2.45) is 0 Å². The van der Waals surface area contributed by atoms with E-state index in [0.29, 0.717) is 45.1 Å². The molecule has 0 radical (unpaired) electrons. The summed E-state index contributed by atoms with van der Waals surface area (Å²) in [7, 11) is 0. The maximum absolute atomic E-state index is 12.4. The third-order valence-corrected chi connectivity index (χ3v) is 8.94. The second-order valence-electron chi connectivity index (χ2n) is 12.9. The monoisotopic (exact) mass is 724 g/mol. The topological polar surface area (TPSA) is 272 Å². The van der Waals surface area contributed by atoms with Gasteiger partial charge >= 0.3 is 0 Å². The Morgan fingerprint density at radius 2 is 1.38 bits per heavy atom. The number of Topliss-reactive ketones (excluding diaryl/α,β-unsaturated/α-hetero) is 1. The molecule has 3 saturated heterocycles.